The van der Waals surface area contributed by atoms with Gasteiger partial charge in [0.15, 0.2) is 16.5 Å². The molecule has 1 aromatic carbocycles. The second kappa shape index (κ2) is 9.63. The normalized spacial score (nSPS) is 17.9. The number of halogens is 1. The molecule has 1 amide bonds. The summed E-state index contributed by atoms with van der Waals surface area (Å²) < 4.78 is 20.5. The first-order valence-electron chi connectivity index (χ1n) is 11.2. The summed E-state index contributed by atoms with van der Waals surface area (Å²) in [7, 11) is 0. The zero-order valence-electron chi connectivity index (χ0n) is 19.5. The van der Waals surface area contributed by atoms with Gasteiger partial charge in [0.1, 0.15) is 10.8 Å². The summed E-state index contributed by atoms with van der Waals surface area (Å²) in [5.41, 5.74) is 0.347. The molecule has 2 aromatic heterocycles. The number of carbonyl (C=O) groups is 1. The van der Waals surface area contributed by atoms with Crippen LogP contribution in [0.1, 0.15) is 54.8 Å². The maximum Gasteiger partial charge on any atom is 0.275 e. The highest BCUT2D eigenvalue weighted by atomic mass is 32.1. The summed E-state index contributed by atoms with van der Waals surface area (Å²) >= 11 is 1.22. The van der Waals surface area contributed by atoms with E-state index in [9.17, 15) is 19.1 Å². The summed E-state index contributed by atoms with van der Waals surface area (Å²) in [6, 6.07) is 5.44. The van der Waals surface area contributed by atoms with E-state index in [4.69, 9.17) is 4.74 Å². The van der Waals surface area contributed by atoms with Crippen molar-refractivity contribution in [3.63, 3.8) is 0 Å². The summed E-state index contributed by atoms with van der Waals surface area (Å²) in [5.74, 6) is -1.32. The van der Waals surface area contributed by atoms with Crippen LogP contribution < -0.4 is 5.43 Å². The minimum absolute atomic E-state index is 0.0289. The van der Waals surface area contributed by atoms with Gasteiger partial charge in [-0.3, -0.25) is 9.59 Å². The molecule has 1 N–H and O–H groups in total. The van der Waals surface area contributed by atoms with E-state index in [1.54, 1.807) is 27.8 Å². The van der Waals surface area contributed by atoms with Crippen LogP contribution in [0.15, 0.2) is 35.3 Å². The van der Waals surface area contributed by atoms with E-state index in [1.165, 1.54) is 23.5 Å². The predicted octanol–water partition coefficient (Wildman–Crippen LogP) is 3.63. The summed E-state index contributed by atoms with van der Waals surface area (Å²) in [4.78, 5) is 28.1. The monoisotopic (exact) mass is 486 g/mol. The smallest absolute Gasteiger partial charge is 0.275 e. The number of aromatic hydroxyl groups is 1. The highest BCUT2D eigenvalue weighted by Crippen LogP contribution is 2.34. The topological polar surface area (TPSA) is 97.5 Å². The maximum atomic E-state index is 13.3. The van der Waals surface area contributed by atoms with Crippen LogP contribution in [0.3, 0.4) is 0 Å². The standard InChI is InChI=1S/C24H27FN4O4S/c1-5-33-12-18-14(4)28-11-17(21(30)22(31)20(28)24(32)29(18)13(2)3)23-27-26-19(34-23)10-15-6-8-16(25)9-7-15/h6-9,11,13-14,18,31H,5,10,12H2,1-4H3/t14-,18-/m1/s1. The lowest BCUT2D eigenvalue weighted by Crippen LogP contribution is -2.55. The number of hydrogen-bond donors (Lipinski definition) is 1. The first-order valence-corrected chi connectivity index (χ1v) is 12.0. The van der Waals surface area contributed by atoms with Gasteiger partial charge in [-0.15, -0.1) is 10.2 Å². The molecule has 3 aromatic rings. The molecular weight excluding hydrogens is 459 g/mol. The van der Waals surface area contributed by atoms with Crippen LogP contribution >= 0.6 is 11.3 Å². The average molecular weight is 487 g/mol. The van der Waals surface area contributed by atoms with Gasteiger partial charge < -0.3 is 19.3 Å². The van der Waals surface area contributed by atoms with Gasteiger partial charge in [0.05, 0.1) is 24.3 Å². The van der Waals surface area contributed by atoms with Crippen LogP contribution in [-0.4, -0.2) is 56.0 Å². The maximum absolute atomic E-state index is 13.3. The van der Waals surface area contributed by atoms with Crippen molar-refractivity contribution in [1.29, 1.82) is 0 Å². The summed E-state index contributed by atoms with van der Waals surface area (Å²) in [5, 5.41) is 20.1. The van der Waals surface area contributed by atoms with Crippen LogP contribution in [-0.2, 0) is 11.2 Å². The number of hydrogen-bond acceptors (Lipinski definition) is 7. The Bertz CT molecular complexity index is 1250. The Balaban J connectivity index is 1.74. The van der Waals surface area contributed by atoms with Gasteiger partial charge in [0.2, 0.25) is 5.43 Å². The van der Waals surface area contributed by atoms with E-state index in [2.05, 4.69) is 10.2 Å². The number of fused-ring (bicyclic) bond motifs is 1. The molecule has 1 aliphatic heterocycles. The number of amides is 1. The minimum atomic E-state index is -0.664. The molecule has 180 valence electrons. The van der Waals surface area contributed by atoms with Crippen molar-refractivity contribution in [2.45, 2.75) is 52.2 Å². The van der Waals surface area contributed by atoms with Crippen LogP contribution in [0.5, 0.6) is 5.75 Å². The largest absolute Gasteiger partial charge is 0.503 e. The number of rotatable bonds is 7. The molecule has 0 spiro atoms. The third kappa shape index (κ3) is 4.35. The SMILES string of the molecule is CCOC[C@@H]1[C@@H](C)n2cc(-c3nnc(Cc4ccc(F)cc4)s3)c(=O)c(O)c2C(=O)N1C(C)C. The van der Waals surface area contributed by atoms with Crippen LogP contribution in [0, 0.1) is 5.82 Å². The zero-order valence-corrected chi connectivity index (χ0v) is 20.3. The number of benzene rings is 1. The first kappa shape index (κ1) is 24.0. The fourth-order valence-corrected chi connectivity index (χ4v) is 5.16. The fraction of sp³-hybridized carbons (Fsp3) is 0.417. The molecule has 2 atom stereocenters. The Morgan fingerprint density at radius 1 is 1.21 bits per heavy atom. The van der Waals surface area contributed by atoms with Gasteiger partial charge in [-0.25, -0.2) is 4.39 Å². The predicted molar refractivity (Wildman–Crippen MR) is 127 cm³/mol. The van der Waals surface area contributed by atoms with Crippen molar-refractivity contribution < 1.29 is 19.0 Å². The van der Waals surface area contributed by atoms with Crippen molar-refractivity contribution in [1.82, 2.24) is 19.7 Å². The average Bonchev–Trinajstić information content (AvgIpc) is 3.26. The Morgan fingerprint density at radius 3 is 2.56 bits per heavy atom. The molecule has 1 aliphatic rings. The molecule has 34 heavy (non-hydrogen) atoms. The van der Waals surface area contributed by atoms with Gasteiger partial charge in [-0.05, 0) is 45.4 Å². The van der Waals surface area contributed by atoms with Gasteiger partial charge in [0, 0.05) is 25.3 Å². The van der Waals surface area contributed by atoms with E-state index < -0.39 is 17.1 Å². The van der Waals surface area contributed by atoms with Crippen molar-refractivity contribution in [2.75, 3.05) is 13.2 Å². The molecule has 8 nitrogen and oxygen atoms in total. The molecule has 0 aliphatic carbocycles. The number of carbonyl (C=O) groups excluding carboxylic acids is 1. The van der Waals surface area contributed by atoms with Crippen LogP contribution in [0.2, 0.25) is 0 Å². The van der Waals surface area contributed by atoms with Crippen molar-refractivity contribution in [2.24, 2.45) is 0 Å². The van der Waals surface area contributed by atoms with Gasteiger partial charge >= 0.3 is 0 Å². The number of ether oxygens (including phenoxy) is 1. The molecular formula is C24H27FN4O4S. The quantitative estimate of drug-likeness (QED) is 0.548. The second-order valence-electron chi connectivity index (χ2n) is 8.55. The van der Waals surface area contributed by atoms with E-state index in [0.717, 1.165) is 5.56 Å². The van der Waals surface area contributed by atoms with Crippen LogP contribution in [0.4, 0.5) is 4.39 Å². The molecule has 0 fully saturated rings. The Kier molecular flexibility index (Phi) is 6.81. The zero-order chi connectivity index (χ0) is 24.6. The van der Waals surface area contributed by atoms with Crippen molar-refractivity contribution in [3.8, 4) is 16.3 Å². The van der Waals surface area contributed by atoms with Crippen LogP contribution in [0.25, 0.3) is 10.6 Å². The Morgan fingerprint density at radius 2 is 1.91 bits per heavy atom. The van der Waals surface area contributed by atoms with Crippen molar-refractivity contribution in [3.05, 3.63) is 62.8 Å². The summed E-state index contributed by atoms with van der Waals surface area (Å²) in [6.07, 6.45) is 2.02. The Labute approximate surface area is 200 Å². The Hall–Kier alpha value is -3.11. The van der Waals surface area contributed by atoms with E-state index in [0.29, 0.717) is 29.6 Å². The molecule has 0 radical (unpaired) electrons. The van der Waals surface area contributed by atoms with Crippen molar-refractivity contribution >= 4 is 17.2 Å². The number of aromatic nitrogens is 3. The van der Waals surface area contributed by atoms with E-state index >= 15 is 0 Å². The molecule has 3 heterocycles. The van der Waals surface area contributed by atoms with E-state index in [-0.39, 0.29) is 35.2 Å². The number of nitrogens with zero attached hydrogens (tertiary/aromatic N) is 4. The first-order chi connectivity index (χ1) is 16.2. The number of pyridine rings is 1. The van der Waals surface area contributed by atoms with Gasteiger partial charge in [-0.2, -0.15) is 0 Å². The lowest BCUT2D eigenvalue weighted by molar-refractivity contribution is 0.0124. The highest BCUT2D eigenvalue weighted by Gasteiger charge is 2.41. The third-order valence-corrected chi connectivity index (χ3v) is 6.97. The molecule has 4 rings (SSSR count). The molecule has 0 saturated heterocycles. The molecule has 0 bridgehead atoms. The molecule has 10 heteroatoms. The third-order valence-electron chi connectivity index (χ3n) is 6.02. The second-order valence-corrected chi connectivity index (χ2v) is 9.62. The van der Waals surface area contributed by atoms with E-state index in [1.807, 2.05) is 27.7 Å². The van der Waals surface area contributed by atoms with Gasteiger partial charge in [0.25, 0.3) is 5.91 Å². The molecule has 0 unspecified atom stereocenters. The molecule has 0 saturated carbocycles. The van der Waals surface area contributed by atoms with Gasteiger partial charge in [-0.1, -0.05) is 23.5 Å². The highest BCUT2D eigenvalue weighted by molar-refractivity contribution is 7.14. The lowest BCUT2D eigenvalue weighted by atomic mass is 9.99. The summed E-state index contributed by atoms with van der Waals surface area (Å²) in [6.45, 7) is 8.47. The fourth-order valence-electron chi connectivity index (χ4n) is 4.28. The lowest BCUT2D eigenvalue weighted by Gasteiger charge is -2.44. The minimum Gasteiger partial charge on any atom is -0.503 e.